The maximum Gasteiger partial charge on any atom is 0.0459 e. The van der Waals surface area contributed by atoms with Gasteiger partial charge in [0.15, 0.2) is 0 Å². The van der Waals surface area contributed by atoms with Gasteiger partial charge in [-0.15, -0.1) is 0 Å². The van der Waals surface area contributed by atoms with Crippen molar-refractivity contribution >= 4 is 10.9 Å². The molecule has 0 aliphatic rings. The molecule has 0 saturated carbocycles. The minimum atomic E-state index is 0.764. The lowest BCUT2D eigenvalue weighted by Crippen LogP contribution is -2.11. The lowest BCUT2D eigenvalue weighted by atomic mass is 10.0. The van der Waals surface area contributed by atoms with Gasteiger partial charge in [0.2, 0.25) is 0 Å². The number of rotatable bonds is 6. The molecule has 0 atom stereocenters. The molecule has 0 aliphatic carbocycles. The van der Waals surface area contributed by atoms with E-state index in [4.69, 9.17) is 5.73 Å². The highest BCUT2D eigenvalue weighted by Gasteiger charge is 2.06. The van der Waals surface area contributed by atoms with Gasteiger partial charge in [0.1, 0.15) is 0 Å². The summed E-state index contributed by atoms with van der Waals surface area (Å²) in [6.45, 7) is 15.3. The van der Waals surface area contributed by atoms with Crippen LogP contribution in [0.1, 0.15) is 51.7 Å². The Hall–Kier alpha value is -1.74. The summed E-state index contributed by atoms with van der Waals surface area (Å²) >= 11 is 0. The maximum absolute atomic E-state index is 5.39. The van der Waals surface area contributed by atoms with E-state index in [2.05, 4.69) is 62.0 Å². The molecule has 3 nitrogen and oxygen atoms in total. The molecule has 0 amide bonds. The molecule has 1 aromatic carbocycles. The predicted molar refractivity (Wildman–Crippen MR) is 109 cm³/mol. The normalized spacial score (nSPS) is 9.83. The number of benzene rings is 1. The maximum atomic E-state index is 5.39. The second kappa shape index (κ2) is 12.7. The van der Waals surface area contributed by atoms with Crippen LogP contribution in [0.15, 0.2) is 36.7 Å². The first kappa shape index (κ1) is 22.3. The van der Waals surface area contributed by atoms with E-state index in [1.807, 2.05) is 20.9 Å². The minimum Gasteiger partial charge on any atom is -0.392 e. The number of aryl methyl sites for hydroxylation is 1. The molecular weight excluding hydrogens is 294 g/mol. The Labute approximate surface area is 148 Å². The summed E-state index contributed by atoms with van der Waals surface area (Å²) in [5, 5.41) is 4.41. The summed E-state index contributed by atoms with van der Waals surface area (Å²) in [4.78, 5) is 3.29. The smallest absolute Gasteiger partial charge is 0.0459 e. The highest BCUT2D eigenvalue weighted by Crippen LogP contribution is 2.23. The third kappa shape index (κ3) is 6.79. The van der Waals surface area contributed by atoms with E-state index >= 15 is 0 Å². The molecule has 0 bridgehead atoms. The van der Waals surface area contributed by atoms with Crippen LogP contribution >= 0.6 is 0 Å². The summed E-state index contributed by atoms with van der Waals surface area (Å²) < 4.78 is 0. The molecular formula is C21H37N3. The molecule has 0 saturated heterocycles. The molecule has 0 fully saturated rings. The van der Waals surface area contributed by atoms with E-state index in [0.717, 1.165) is 24.6 Å². The van der Waals surface area contributed by atoms with Crippen molar-refractivity contribution in [3.05, 3.63) is 47.8 Å². The van der Waals surface area contributed by atoms with Crippen molar-refractivity contribution in [3.63, 3.8) is 0 Å². The summed E-state index contributed by atoms with van der Waals surface area (Å²) in [6.07, 6.45) is 5.40. The molecule has 1 aromatic heterocycles. The first-order chi connectivity index (χ1) is 11.6. The zero-order valence-electron chi connectivity index (χ0n) is 16.5. The Kier molecular flexibility index (Phi) is 11.7. The molecule has 2 aromatic rings. The number of allylic oxidation sites excluding steroid dienone is 1. The predicted octanol–water partition coefficient (Wildman–Crippen LogP) is 5.16. The molecule has 0 aliphatic heterocycles. The third-order valence-corrected chi connectivity index (χ3v) is 4.24. The third-order valence-electron chi connectivity index (χ3n) is 4.24. The summed E-state index contributed by atoms with van der Waals surface area (Å²) in [5.41, 5.74) is 10.3. The van der Waals surface area contributed by atoms with Gasteiger partial charge in [-0.2, -0.15) is 0 Å². The van der Waals surface area contributed by atoms with Crippen molar-refractivity contribution in [3.8, 4) is 0 Å². The summed E-state index contributed by atoms with van der Waals surface area (Å²) in [5.74, 6) is 0.764. The number of hydrogen-bond donors (Lipinski definition) is 3. The van der Waals surface area contributed by atoms with Crippen LogP contribution in [0.2, 0.25) is 0 Å². The van der Waals surface area contributed by atoms with Gasteiger partial charge < -0.3 is 16.0 Å². The topological polar surface area (TPSA) is 53.8 Å². The van der Waals surface area contributed by atoms with Gasteiger partial charge in [0.25, 0.3) is 0 Å². The van der Waals surface area contributed by atoms with Crippen LogP contribution in [-0.2, 0) is 6.42 Å². The number of H-pyrrole nitrogens is 1. The largest absolute Gasteiger partial charge is 0.392 e. The molecule has 136 valence electrons. The Balaban J connectivity index is 0.000000501. The van der Waals surface area contributed by atoms with E-state index < -0.39 is 0 Å². The molecule has 0 spiro atoms. The van der Waals surface area contributed by atoms with Gasteiger partial charge in [0, 0.05) is 36.3 Å². The van der Waals surface area contributed by atoms with Gasteiger partial charge in [-0.1, -0.05) is 59.2 Å². The fourth-order valence-electron chi connectivity index (χ4n) is 2.53. The highest BCUT2D eigenvalue weighted by atomic mass is 14.8. The zero-order valence-corrected chi connectivity index (χ0v) is 16.5. The van der Waals surface area contributed by atoms with Crippen molar-refractivity contribution < 1.29 is 0 Å². The van der Waals surface area contributed by atoms with Crippen molar-refractivity contribution in [2.75, 3.05) is 13.6 Å². The summed E-state index contributed by atoms with van der Waals surface area (Å²) in [6, 6.07) is 6.32. The van der Waals surface area contributed by atoms with Crippen molar-refractivity contribution in [1.29, 1.82) is 0 Å². The number of fused-ring (bicyclic) bond motifs is 1. The van der Waals surface area contributed by atoms with E-state index in [-0.39, 0.29) is 0 Å². The second-order valence-corrected chi connectivity index (χ2v) is 5.76. The molecule has 1 heterocycles. The number of aromatic amines is 1. The second-order valence-electron chi connectivity index (χ2n) is 5.76. The Morgan fingerprint density at radius 3 is 2.33 bits per heavy atom. The molecule has 24 heavy (non-hydrogen) atoms. The van der Waals surface area contributed by atoms with Gasteiger partial charge in [0.05, 0.1) is 0 Å². The molecule has 2 rings (SSSR count). The van der Waals surface area contributed by atoms with E-state index in [0.29, 0.717) is 0 Å². The number of nitrogens with one attached hydrogen (secondary N) is 2. The summed E-state index contributed by atoms with van der Waals surface area (Å²) in [7, 11) is 1.91. The number of nitrogens with two attached hydrogens (primary N) is 1. The van der Waals surface area contributed by atoms with Crippen LogP contribution in [-0.4, -0.2) is 18.6 Å². The molecule has 0 radical (unpaired) electrons. The molecule has 4 N–H and O–H groups in total. The number of aromatic nitrogens is 1. The molecule has 0 unspecified atom stereocenters. The minimum absolute atomic E-state index is 0.764. The van der Waals surface area contributed by atoms with E-state index in [1.165, 1.54) is 34.9 Å². The van der Waals surface area contributed by atoms with Crippen molar-refractivity contribution in [1.82, 2.24) is 10.3 Å². The Morgan fingerprint density at radius 2 is 1.88 bits per heavy atom. The Morgan fingerprint density at radius 1 is 1.25 bits per heavy atom. The Bertz CT molecular complexity index is 574. The average Bonchev–Trinajstić information content (AvgIpc) is 3.03. The first-order valence-corrected chi connectivity index (χ1v) is 9.18. The van der Waals surface area contributed by atoms with Crippen LogP contribution in [0.3, 0.4) is 0 Å². The quantitative estimate of drug-likeness (QED) is 0.685. The van der Waals surface area contributed by atoms with Gasteiger partial charge in [-0.05, 0) is 36.6 Å². The van der Waals surface area contributed by atoms with Crippen molar-refractivity contribution in [2.45, 2.75) is 53.9 Å². The fraction of sp³-hybridized carbons (Fsp3) is 0.524. The van der Waals surface area contributed by atoms with Gasteiger partial charge >= 0.3 is 0 Å². The van der Waals surface area contributed by atoms with Crippen LogP contribution in [0.4, 0.5) is 0 Å². The monoisotopic (exact) mass is 331 g/mol. The number of likely N-dealkylation sites (N-methyl/N-ethyl adjacent to an activating group) is 1. The van der Waals surface area contributed by atoms with Crippen LogP contribution in [0.5, 0.6) is 0 Å². The van der Waals surface area contributed by atoms with Crippen molar-refractivity contribution in [2.24, 2.45) is 11.7 Å². The van der Waals surface area contributed by atoms with E-state index in [9.17, 15) is 0 Å². The van der Waals surface area contributed by atoms with Crippen LogP contribution < -0.4 is 11.1 Å². The number of hydrogen-bond acceptors (Lipinski definition) is 2. The molecule has 3 heteroatoms. The highest BCUT2D eigenvalue weighted by molar-refractivity contribution is 5.86. The van der Waals surface area contributed by atoms with E-state index in [1.54, 1.807) is 0 Å². The first-order valence-electron chi connectivity index (χ1n) is 9.18. The van der Waals surface area contributed by atoms with Gasteiger partial charge in [-0.3, -0.25) is 0 Å². The average molecular weight is 332 g/mol. The van der Waals surface area contributed by atoms with Crippen LogP contribution in [0.25, 0.3) is 10.9 Å². The fourth-order valence-corrected chi connectivity index (χ4v) is 2.53. The SMILES string of the molecule is C=C(Cc1c[nH]c2cccc(C)c12)NC.CC.CCC(CC)CN. The standard InChI is InChI=1S/C13H16N2.C6H15N.C2H6/c1-9-5-4-6-12-13(9)11(8-15-12)7-10(2)14-3;1-3-6(4-2)5-7;1-2/h4-6,8,14-15H,2,7H2,1,3H3;6H,3-5,7H2,1-2H3;1-2H3. The van der Waals surface area contributed by atoms with Crippen LogP contribution in [0, 0.1) is 12.8 Å². The van der Waals surface area contributed by atoms with Gasteiger partial charge in [-0.25, -0.2) is 0 Å². The lowest BCUT2D eigenvalue weighted by Gasteiger charge is -2.05. The zero-order chi connectivity index (χ0) is 18.5. The lowest BCUT2D eigenvalue weighted by molar-refractivity contribution is 0.505.